The maximum Gasteiger partial charge on any atom is 0.160 e. The van der Waals surface area contributed by atoms with Crippen molar-refractivity contribution in [2.45, 2.75) is 18.9 Å². The Hall–Kier alpha value is -1.22. The fraction of sp³-hybridized carbons (Fsp3) is 0.571. The molecule has 1 saturated carbocycles. The van der Waals surface area contributed by atoms with Crippen molar-refractivity contribution in [1.82, 2.24) is 18.9 Å². The summed E-state index contributed by atoms with van der Waals surface area (Å²) < 4.78 is 9.25. The molecule has 2 fully saturated rings. The highest BCUT2D eigenvalue weighted by atomic mass is 35.5. The molecule has 9 heteroatoms. The first-order chi connectivity index (χ1) is 11.1. The van der Waals surface area contributed by atoms with Crippen molar-refractivity contribution in [3.05, 3.63) is 17.5 Å². The number of hydrogen-bond donors (Lipinski definition) is 1. The molecule has 4 rings (SSSR count). The van der Waals surface area contributed by atoms with E-state index in [1.807, 2.05) is 0 Å². The molecule has 0 bridgehead atoms. The normalized spacial score (nSPS) is 20.1. The number of halogens is 1. The van der Waals surface area contributed by atoms with Crippen molar-refractivity contribution in [3.63, 3.8) is 0 Å². The van der Waals surface area contributed by atoms with E-state index < -0.39 is 0 Å². The third-order valence-electron chi connectivity index (χ3n) is 5.05. The highest BCUT2D eigenvalue weighted by Crippen LogP contribution is 2.52. The van der Waals surface area contributed by atoms with Crippen LogP contribution >= 0.6 is 23.7 Å². The summed E-state index contributed by atoms with van der Waals surface area (Å²) in [6, 6.07) is 2.35. The molecule has 2 N–H and O–H groups in total. The van der Waals surface area contributed by atoms with Gasteiger partial charge in [-0.3, -0.25) is 5.14 Å². The molecule has 0 aromatic carbocycles. The van der Waals surface area contributed by atoms with Crippen LogP contribution in [-0.4, -0.2) is 52.2 Å². The van der Waals surface area contributed by atoms with E-state index in [0.717, 1.165) is 24.4 Å². The van der Waals surface area contributed by atoms with Gasteiger partial charge in [0, 0.05) is 42.7 Å². The van der Waals surface area contributed by atoms with Crippen LogP contribution < -0.4 is 14.8 Å². The van der Waals surface area contributed by atoms with Crippen LogP contribution in [0.4, 0.5) is 5.82 Å². The molecule has 2 aromatic rings. The fourth-order valence-electron chi connectivity index (χ4n) is 3.80. The maximum atomic E-state index is 6.21. The number of rotatable bonds is 4. The molecule has 2 aromatic heterocycles. The van der Waals surface area contributed by atoms with Gasteiger partial charge in [0.15, 0.2) is 17.1 Å². The fourth-order valence-corrected chi connectivity index (χ4v) is 4.35. The van der Waals surface area contributed by atoms with E-state index in [0.29, 0.717) is 22.4 Å². The number of hydrogen-bond acceptors (Lipinski definition) is 7. The molecule has 2 aliphatic rings. The average molecular weight is 355 g/mol. The number of ether oxygens (including phenoxy) is 1. The molecule has 3 heterocycles. The standard InChI is InChI=1S/C14H19ClN6OS/c1-19(23-16)9-4-14(5-9)6-20(7-14)13-12-10(22-2)3-11(15)21(12)18-8-17-13/h3,8-9H,4-7,16H2,1-2H3. The molecule has 124 valence electrons. The van der Waals surface area contributed by atoms with E-state index in [1.54, 1.807) is 24.0 Å². The first-order valence-electron chi connectivity index (χ1n) is 7.48. The van der Waals surface area contributed by atoms with Gasteiger partial charge in [-0.1, -0.05) is 11.6 Å². The molecular formula is C14H19ClN6OS. The monoisotopic (exact) mass is 354 g/mol. The Morgan fingerprint density at radius 2 is 2.22 bits per heavy atom. The van der Waals surface area contributed by atoms with Gasteiger partial charge in [-0.15, -0.1) is 0 Å². The quantitative estimate of drug-likeness (QED) is 0.839. The Bertz CT molecular complexity index is 738. The molecule has 1 spiro atoms. The molecule has 23 heavy (non-hydrogen) atoms. The van der Waals surface area contributed by atoms with E-state index in [2.05, 4.69) is 26.3 Å². The first kappa shape index (κ1) is 15.3. The average Bonchev–Trinajstić information content (AvgIpc) is 2.81. The Labute approximate surface area is 144 Å². The predicted octanol–water partition coefficient (Wildman–Crippen LogP) is 1.81. The van der Waals surface area contributed by atoms with E-state index in [9.17, 15) is 0 Å². The minimum absolute atomic E-state index is 0.403. The van der Waals surface area contributed by atoms with Gasteiger partial charge in [-0.05, 0) is 19.9 Å². The lowest BCUT2D eigenvalue weighted by Gasteiger charge is -2.60. The van der Waals surface area contributed by atoms with Gasteiger partial charge in [-0.25, -0.2) is 13.8 Å². The van der Waals surface area contributed by atoms with E-state index in [-0.39, 0.29) is 0 Å². The third-order valence-corrected chi connectivity index (χ3v) is 5.95. The van der Waals surface area contributed by atoms with Crippen LogP contribution in [0, 0.1) is 5.41 Å². The van der Waals surface area contributed by atoms with E-state index in [1.165, 1.54) is 25.0 Å². The van der Waals surface area contributed by atoms with Crippen molar-refractivity contribution in [2.24, 2.45) is 10.6 Å². The van der Waals surface area contributed by atoms with Crippen LogP contribution in [0.15, 0.2) is 12.4 Å². The second-order valence-electron chi connectivity index (χ2n) is 6.45. The highest BCUT2D eigenvalue weighted by molar-refractivity contribution is 7.94. The number of anilines is 1. The maximum absolute atomic E-state index is 6.21. The smallest absolute Gasteiger partial charge is 0.160 e. The zero-order valence-electron chi connectivity index (χ0n) is 13.1. The lowest BCUT2D eigenvalue weighted by atomic mass is 9.60. The van der Waals surface area contributed by atoms with Crippen molar-refractivity contribution >= 4 is 35.1 Å². The number of nitrogens with zero attached hydrogens (tertiary/aromatic N) is 5. The van der Waals surface area contributed by atoms with Crippen molar-refractivity contribution in [3.8, 4) is 5.75 Å². The lowest BCUT2D eigenvalue weighted by molar-refractivity contribution is 0.0239. The van der Waals surface area contributed by atoms with Crippen LogP contribution in [0.5, 0.6) is 5.75 Å². The summed E-state index contributed by atoms with van der Waals surface area (Å²) >= 11 is 7.53. The molecule has 1 saturated heterocycles. The molecular weight excluding hydrogens is 336 g/mol. The molecule has 0 radical (unpaired) electrons. The summed E-state index contributed by atoms with van der Waals surface area (Å²) in [5.41, 5.74) is 1.24. The number of methoxy groups -OCH3 is 1. The second-order valence-corrected chi connectivity index (χ2v) is 7.62. The summed E-state index contributed by atoms with van der Waals surface area (Å²) in [6.45, 7) is 2.01. The second kappa shape index (κ2) is 5.41. The van der Waals surface area contributed by atoms with Crippen LogP contribution in [0.1, 0.15) is 12.8 Å². The van der Waals surface area contributed by atoms with Gasteiger partial charge in [0.05, 0.1) is 7.11 Å². The minimum Gasteiger partial charge on any atom is -0.494 e. The first-order valence-corrected chi connectivity index (χ1v) is 8.69. The Balaban J connectivity index is 1.54. The summed E-state index contributed by atoms with van der Waals surface area (Å²) in [5.74, 6) is 1.59. The molecule has 1 aliphatic carbocycles. The summed E-state index contributed by atoms with van der Waals surface area (Å²) in [4.78, 5) is 6.75. The van der Waals surface area contributed by atoms with Gasteiger partial charge in [0.25, 0.3) is 0 Å². The van der Waals surface area contributed by atoms with Gasteiger partial charge < -0.3 is 9.64 Å². The molecule has 0 atom stereocenters. The summed E-state index contributed by atoms with van der Waals surface area (Å²) in [6.07, 6.45) is 3.91. The highest BCUT2D eigenvalue weighted by Gasteiger charge is 2.54. The topological polar surface area (TPSA) is 71.9 Å². The number of nitrogens with two attached hydrogens (primary N) is 1. The third kappa shape index (κ3) is 2.27. The molecule has 7 nitrogen and oxygen atoms in total. The van der Waals surface area contributed by atoms with Crippen LogP contribution in [0.3, 0.4) is 0 Å². The minimum atomic E-state index is 0.403. The van der Waals surface area contributed by atoms with Gasteiger partial charge in [-0.2, -0.15) is 5.10 Å². The summed E-state index contributed by atoms with van der Waals surface area (Å²) in [7, 11) is 3.69. The van der Waals surface area contributed by atoms with Crippen LogP contribution in [-0.2, 0) is 0 Å². The zero-order valence-corrected chi connectivity index (χ0v) is 14.6. The Kier molecular flexibility index (Phi) is 3.60. The lowest BCUT2D eigenvalue weighted by Crippen LogP contribution is -2.66. The number of fused-ring (bicyclic) bond motifs is 1. The van der Waals surface area contributed by atoms with Gasteiger partial charge in [0.1, 0.15) is 11.5 Å². The largest absolute Gasteiger partial charge is 0.494 e. The van der Waals surface area contributed by atoms with Crippen LogP contribution in [0.25, 0.3) is 5.52 Å². The van der Waals surface area contributed by atoms with Crippen molar-refractivity contribution in [1.29, 1.82) is 0 Å². The molecule has 1 aliphatic heterocycles. The zero-order chi connectivity index (χ0) is 16.2. The predicted molar refractivity (Wildman–Crippen MR) is 91.8 cm³/mol. The molecule has 0 unspecified atom stereocenters. The van der Waals surface area contributed by atoms with E-state index >= 15 is 0 Å². The van der Waals surface area contributed by atoms with Crippen molar-refractivity contribution < 1.29 is 4.74 Å². The van der Waals surface area contributed by atoms with Crippen LogP contribution in [0.2, 0.25) is 5.15 Å². The summed E-state index contributed by atoms with van der Waals surface area (Å²) in [5, 5.41) is 10.4. The van der Waals surface area contributed by atoms with Gasteiger partial charge in [0.2, 0.25) is 0 Å². The van der Waals surface area contributed by atoms with Gasteiger partial charge >= 0.3 is 0 Å². The Morgan fingerprint density at radius 3 is 2.87 bits per heavy atom. The van der Waals surface area contributed by atoms with Crippen molar-refractivity contribution in [2.75, 3.05) is 32.1 Å². The SMILES string of the molecule is COc1cc(Cl)n2ncnc(N3CC4(CC(N(C)SN)C4)C3)c12. The Morgan fingerprint density at radius 1 is 1.48 bits per heavy atom. The molecule has 0 amide bonds. The number of aromatic nitrogens is 3. The van der Waals surface area contributed by atoms with E-state index in [4.69, 9.17) is 21.5 Å².